The van der Waals surface area contributed by atoms with Gasteiger partial charge in [-0.25, -0.2) is 4.39 Å². The van der Waals surface area contributed by atoms with Crippen molar-refractivity contribution in [2.45, 2.75) is 18.6 Å². The number of nitrogens with zero attached hydrogens (tertiary/aromatic N) is 1. The molecule has 0 saturated carbocycles. The van der Waals surface area contributed by atoms with E-state index in [9.17, 15) is 17.6 Å². The number of hydrogen-bond donors (Lipinski definition) is 1. The van der Waals surface area contributed by atoms with Crippen LogP contribution in [0, 0.1) is 5.82 Å². The van der Waals surface area contributed by atoms with E-state index < -0.39 is 23.6 Å². The molecule has 0 amide bonds. The van der Waals surface area contributed by atoms with Crippen molar-refractivity contribution >= 4 is 11.6 Å². The zero-order chi connectivity index (χ0) is 15.6. The van der Waals surface area contributed by atoms with Crippen LogP contribution >= 0.6 is 11.6 Å². The Hall–Kier alpha value is -1.66. The molecule has 1 atom stereocenters. The lowest BCUT2D eigenvalue weighted by atomic mass is 10.0. The highest BCUT2D eigenvalue weighted by molar-refractivity contribution is 6.31. The van der Waals surface area contributed by atoms with Gasteiger partial charge in [-0.3, -0.25) is 4.98 Å². The average Bonchev–Trinajstić information content (AvgIpc) is 2.41. The standard InChI is InChI=1S/C14H11ClF4N2/c15-11-6-10(16)3-1-8(11)5-12(20)13-4-2-9(7-21-13)14(17,18)19/h1-4,6-7,12H,5,20H2. The number of alkyl halides is 3. The van der Waals surface area contributed by atoms with E-state index in [0.717, 1.165) is 18.3 Å². The van der Waals surface area contributed by atoms with Gasteiger partial charge in [0, 0.05) is 11.2 Å². The molecule has 1 aromatic carbocycles. The molecule has 0 aliphatic heterocycles. The third-order valence-electron chi connectivity index (χ3n) is 2.95. The van der Waals surface area contributed by atoms with Crippen LogP contribution in [0.3, 0.4) is 0 Å². The first kappa shape index (κ1) is 15.7. The van der Waals surface area contributed by atoms with Crippen molar-refractivity contribution in [1.29, 1.82) is 0 Å². The van der Waals surface area contributed by atoms with E-state index in [4.69, 9.17) is 17.3 Å². The number of halogens is 5. The third-order valence-corrected chi connectivity index (χ3v) is 3.30. The summed E-state index contributed by atoms with van der Waals surface area (Å²) in [5, 5.41) is 0.220. The Morgan fingerprint density at radius 3 is 2.43 bits per heavy atom. The Kier molecular flexibility index (Phi) is 4.49. The minimum Gasteiger partial charge on any atom is -0.322 e. The van der Waals surface area contributed by atoms with E-state index in [1.165, 1.54) is 18.2 Å². The number of benzene rings is 1. The van der Waals surface area contributed by atoms with Crippen LogP contribution in [0.2, 0.25) is 5.02 Å². The van der Waals surface area contributed by atoms with Crippen molar-refractivity contribution in [1.82, 2.24) is 4.98 Å². The van der Waals surface area contributed by atoms with Crippen LogP contribution in [-0.4, -0.2) is 4.98 Å². The van der Waals surface area contributed by atoms with E-state index in [1.54, 1.807) is 0 Å². The lowest BCUT2D eigenvalue weighted by Crippen LogP contribution is -2.16. The largest absolute Gasteiger partial charge is 0.417 e. The third kappa shape index (κ3) is 3.92. The molecule has 0 aliphatic carbocycles. The van der Waals surface area contributed by atoms with Gasteiger partial charge in [-0.1, -0.05) is 17.7 Å². The summed E-state index contributed by atoms with van der Waals surface area (Å²) in [6.45, 7) is 0. The summed E-state index contributed by atoms with van der Waals surface area (Å²) in [6, 6.07) is 5.41. The summed E-state index contributed by atoms with van der Waals surface area (Å²) in [4.78, 5) is 3.73. The lowest BCUT2D eigenvalue weighted by molar-refractivity contribution is -0.137. The zero-order valence-electron chi connectivity index (χ0n) is 10.7. The van der Waals surface area contributed by atoms with Gasteiger partial charge in [-0.05, 0) is 36.2 Å². The van der Waals surface area contributed by atoms with E-state index in [0.29, 0.717) is 11.3 Å². The number of nitrogens with two attached hydrogens (primary N) is 1. The molecule has 112 valence electrons. The van der Waals surface area contributed by atoms with Crippen LogP contribution < -0.4 is 5.73 Å². The van der Waals surface area contributed by atoms with Crippen LogP contribution in [0.25, 0.3) is 0 Å². The average molecular weight is 319 g/mol. The van der Waals surface area contributed by atoms with Crippen molar-refractivity contribution < 1.29 is 17.6 Å². The fraction of sp³-hybridized carbons (Fsp3) is 0.214. The van der Waals surface area contributed by atoms with E-state index >= 15 is 0 Å². The van der Waals surface area contributed by atoms with Gasteiger partial charge in [0.2, 0.25) is 0 Å². The van der Waals surface area contributed by atoms with Crippen molar-refractivity contribution in [3.8, 4) is 0 Å². The van der Waals surface area contributed by atoms with E-state index in [1.807, 2.05) is 0 Å². The summed E-state index contributed by atoms with van der Waals surface area (Å²) >= 11 is 5.88. The quantitative estimate of drug-likeness (QED) is 0.864. The summed E-state index contributed by atoms with van der Waals surface area (Å²) < 4.78 is 50.2. The highest BCUT2D eigenvalue weighted by Gasteiger charge is 2.30. The molecule has 2 N–H and O–H groups in total. The Bertz CT molecular complexity index is 626. The predicted molar refractivity (Wildman–Crippen MR) is 71.3 cm³/mol. The molecule has 2 rings (SSSR count). The molecule has 0 aliphatic rings. The normalized spacial score (nSPS) is 13.2. The van der Waals surface area contributed by atoms with Crippen LogP contribution in [0.4, 0.5) is 17.6 Å². The Morgan fingerprint density at radius 1 is 1.19 bits per heavy atom. The highest BCUT2D eigenvalue weighted by atomic mass is 35.5. The second-order valence-electron chi connectivity index (χ2n) is 4.52. The molecule has 1 heterocycles. The molecule has 0 spiro atoms. The molecule has 2 nitrogen and oxygen atoms in total. The molecule has 7 heteroatoms. The van der Waals surface area contributed by atoms with Crippen molar-refractivity contribution in [2.75, 3.05) is 0 Å². The number of hydrogen-bond acceptors (Lipinski definition) is 2. The van der Waals surface area contributed by atoms with Crippen molar-refractivity contribution in [3.05, 3.63) is 64.2 Å². The summed E-state index contributed by atoms with van der Waals surface area (Å²) in [7, 11) is 0. The fourth-order valence-corrected chi connectivity index (χ4v) is 2.07. The maximum Gasteiger partial charge on any atom is 0.417 e. The zero-order valence-corrected chi connectivity index (χ0v) is 11.4. The molecule has 21 heavy (non-hydrogen) atoms. The monoisotopic (exact) mass is 318 g/mol. The summed E-state index contributed by atoms with van der Waals surface area (Å²) in [6.07, 6.45) is -3.45. The van der Waals surface area contributed by atoms with Crippen LogP contribution in [0.5, 0.6) is 0 Å². The molecular weight excluding hydrogens is 308 g/mol. The summed E-state index contributed by atoms with van der Waals surface area (Å²) in [5.74, 6) is -0.468. The molecule has 0 fully saturated rings. The fourth-order valence-electron chi connectivity index (χ4n) is 1.82. The van der Waals surface area contributed by atoms with Crippen LogP contribution in [0.15, 0.2) is 36.5 Å². The molecule has 0 radical (unpaired) electrons. The second-order valence-corrected chi connectivity index (χ2v) is 4.92. The van der Waals surface area contributed by atoms with Gasteiger partial charge in [-0.2, -0.15) is 13.2 Å². The van der Waals surface area contributed by atoms with Gasteiger partial charge in [0.15, 0.2) is 0 Å². The Morgan fingerprint density at radius 2 is 1.90 bits per heavy atom. The van der Waals surface area contributed by atoms with E-state index in [-0.39, 0.29) is 11.4 Å². The number of rotatable bonds is 3. The second kappa shape index (κ2) is 5.99. The Balaban J connectivity index is 2.15. The molecule has 1 aromatic heterocycles. The molecule has 0 saturated heterocycles. The number of aromatic nitrogens is 1. The van der Waals surface area contributed by atoms with Crippen molar-refractivity contribution in [2.24, 2.45) is 5.73 Å². The van der Waals surface area contributed by atoms with Crippen molar-refractivity contribution in [3.63, 3.8) is 0 Å². The van der Waals surface area contributed by atoms with Gasteiger partial charge in [0.05, 0.1) is 17.3 Å². The first-order chi connectivity index (χ1) is 9.77. The van der Waals surface area contributed by atoms with Gasteiger partial charge < -0.3 is 5.73 Å². The summed E-state index contributed by atoms with van der Waals surface area (Å²) in [5.41, 5.74) is 5.97. The predicted octanol–water partition coefficient (Wildman–Crippen LogP) is 4.14. The maximum atomic E-state index is 12.9. The minimum atomic E-state index is -4.43. The number of pyridine rings is 1. The van der Waals surface area contributed by atoms with Gasteiger partial charge in [0.25, 0.3) is 0 Å². The molecule has 1 unspecified atom stereocenters. The molecular formula is C14H11ClF4N2. The molecule has 0 bridgehead atoms. The SMILES string of the molecule is NC(Cc1ccc(F)cc1Cl)c1ccc(C(F)(F)F)cn1. The minimum absolute atomic E-state index is 0.220. The molecule has 2 aromatic rings. The first-order valence-electron chi connectivity index (χ1n) is 6.00. The van der Waals surface area contributed by atoms with Crippen LogP contribution in [0.1, 0.15) is 22.9 Å². The van der Waals surface area contributed by atoms with Gasteiger partial charge >= 0.3 is 6.18 Å². The van der Waals surface area contributed by atoms with Gasteiger partial charge in [0.1, 0.15) is 5.82 Å². The smallest absolute Gasteiger partial charge is 0.322 e. The maximum absolute atomic E-state index is 12.9. The van der Waals surface area contributed by atoms with Crippen LogP contribution in [-0.2, 0) is 12.6 Å². The highest BCUT2D eigenvalue weighted by Crippen LogP contribution is 2.29. The lowest BCUT2D eigenvalue weighted by Gasteiger charge is -2.13. The van der Waals surface area contributed by atoms with Gasteiger partial charge in [-0.15, -0.1) is 0 Å². The topological polar surface area (TPSA) is 38.9 Å². The van der Waals surface area contributed by atoms with E-state index in [2.05, 4.69) is 4.98 Å². The Labute approximate surface area is 123 Å². The first-order valence-corrected chi connectivity index (χ1v) is 6.38.